The van der Waals surface area contributed by atoms with Gasteiger partial charge < -0.3 is 9.47 Å². The number of ether oxygens (including phenoxy) is 2. The van der Waals surface area contributed by atoms with Crippen molar-refractivity contribution in [3.63, 3.8) is 0 Å². The zero-order valence-corrected chi connectivity index (χ0v) is 10.3. The molecule has 18 heavy (non-hydrogen) atoms. The van der Waals surface area contributed by atoms with Gasteiger partial charge in [0.25, 0.3) is 0 Å². The molecule has 3 aromatic rings. The summed E-state index contributed by atoms with van der Waals surface area (Å²) in [5.74, 6) is 1.53. The van der Waals surface area contributed by atoms with Crippen LogP contribution in [-0.2, 0) is 0 Å². The smallest absolute Gasteiger partial charge is 0.131 e. The van der Waals surface area contributed by atoms with E-state index in [1.165, 1.54) is 0 Å². The molecule has 0 aliphatic heterocycles. The first kappa shape index (κ1) is 10.8. The molecule has 0 aliphatic carbocycles. The predicted molar refractivity (Wildman–Crippen MR) is 72.4 cm³/mol. The first-order valence-corrected chi connectivity index (χ1v) is 5.73. The lowest BCUT2D eigenvalue weighted by Gasteiger charge is -2.09. The summed E-state index contributed by atoms with van der Waals surface area (Å²) in [5, 5.41) is 2.10. The number of nitrogens with zero attached hydrogens (tertiary/aromatic N) is 1. The van der Waals surface area contributed by atoms with Crippen LogP contribution in [0.3, 0.4) is 0 Å². The monoisotopic (exact) mass is 239 g/mol. The van der Waals surface area contributed by atoms with Gasteiger partial charge in [-0.05, 0) is 12.1 Å². The van der Waals surface area contributed by atoms with Gasteiger partial charge in [-0.2, -0.15) is 0 Å². The second-order valence-electron chi connectivity index (χ2n) is 4.08. The van der Waals surface area contributed by atoms with Crippen LogP contribution in [0.2, 0.25) is 0 Å². The largest absolute Gasteiger partial charge is 0.497 e. The number of para-hydroxylation sites is 1. The van der Waals surface area contributed by atoms with E-state index in [1.54, 1.807) is 14.2 Å². The molecule has 0 aliphatic rings. The van der Waals surface area contributed by atoms with Crippen LogP contribution in [0.25, 0.3) is 21.8 Å². The van der Waals surface area contributed by atoms with Gasteiger partial charge in [-0.1, -0.05) is 18.2 Å². The van der Waals surface area contributed by atoms with Crippen LogP contribution in [0, 0.1) is 0 Å². The average Bonchev–Trinajstić information content (AvgIpc) is 2.43. The van der Waals surface area contributed by atoms with Crippen molar-refractivity contribution < 1.29 is 9.47 Å². The summed E-state index contributed by atoms with van der Waals surface area (Å²) in [7, 11) is 3.30. The van der Waals surface area contributed by atoms with Crippen LogP contribution in [0.1, 0.15) is 0 Å². The van der Waals surface area contributed by atoms with Crippen LogP contribution in [0.5, 0.6) is 11.5 Å². The molecule has 3 nitrogen and oxygen atoms in total. The van der Waals surface area contributed by atoms with Gasteiger partial charge in [0.15, 0.2) is 0 Å². The molecule has 0 N–H and O–H groups in total. The summed E-state index contributed by atoms with van der Waals surface area (Å²) in [5.41, 5.74) is 1.85. The summed E-state index contributed by atoms with van der Waals surface area (Å²) in [6.45, 7) is 0. The van der Waals surface area contributed by atoms with Crippen molar-refractivity contribution >= 4 is 21.8 Å². The maximum Gasteiger partial charge on any atom is 0.131 e. The van der Waals surface area contributed by atoms with Crippen molar-refractivity contribution in [1.29, 1.82) is 0 Å². The SMILES string of the molecule is COc1cc(OC)c2cc3ccccc3nc2c1. The quantitative estimate of drug-likeness (QED) is 0.642. The summed E-state index contributed by atoms with van der Waals surface area (Å²) < 4.78 is 10.7. The Balaban J connectivity index is 2.41. The third kappa shape index (κ3) is 1.64. The first-order valence-electron chi connectivity index (χ1n) is 5.73. The summed E-state index contributed by atoms with van der Waals surface area (Å²) in [4.78, 5) is 4.63. The molecule has 0 radical (unpaired) electrons. The first-order chi connectivity index (χ1) is 8.81. The minimum Gasteiger partial charge on any atom is -0.497 e. The summed E-state index contributed by atoms with van der Waals surface area (Å²) >= 11 is 0. The maximum absolute atomic E-state index is 5.40. The number of rotatable bonds is 2. The number of pyridine rings is 1. The molecule has 1 heterocycles. The molecule has 2 aromatic carbocycles. The third-order valence-electron chi connectivity index (χ3n) is 3.03. The van der Waals surface area contributed by atoms with Crippen LogP contribution in [0.4, 0.5) is 0 Å². The minimum atomic E-state index is 0.752. The molecule has 1 aromatic heterocycles. The third-order valence-corrected chi connectivity index (χ3v) is 3.03. The van der Waals surface area contributed by atoms with Crippen LogP contribution >= 0.6 is 0 Å². The Labute approximate surface area is 105 Å². The lowest BCUT2D eigenvalue weighted by Crippen LogP contribution is -1.91. The summed E-state index contributed by atoms with van der Waals surface area (Å²) in [6.07, 6.45) is 0. The van der Waals surface area contributed by atoms with Gasteiger partial charge >= 0.3 is 0 Å². The van der Waals surface area contributed by atoms with Crippen molar-refractivity contribution in [2.24, 2.45) is 0 Å². The number of aromatic nitrogens is 1. The van der Waals surface area contributed by atoms with Crippen LogP contribution in [0.15, 0.2) is 42.5 Å². The topological polar surface area (TPSA) is 31.4 Å². The highest BCUT2D eigenvalue weighted by Gasteiger charge is 2.07. The maximum atomic E-state index is 5.40. The Kier molecular flexibility index (Phi) is 2.52. The van der Waals surface area contributed by atoms with Gasteiger partial charge in [0.2, 0.25) is 0 Å². The number of hydrogen-bond donors (Lipinski definition) is 0. The highest BCUT2D eigenvalue weighted by atomic mass is 16.5. The highest BCUT2D eigenvalue weighted by Crippen LogP contribution is 2.32. The van der Waals surface area contributed by atoms with Gasteiger partial charge in [0.1, 0.15) is 11.5 Å². The Morgan fingerprint density at radius 1 is 0.889 bits per heavy atom. The fraction of sp³-hybridized carbons (Fsp3) is 0.133. The average molecular weight is 239 g/mol. The van der Waals surface area contributed by atoms with E-state index >= 15 is 0 Å². The molecule has 0 spiro atoms. The van der Waals surface area contributed by atoms with Crippen LogP contribution < -0.4 is 9.47 Å². The van der Waals surface area contributed by atoms with Gasteiger partial charge in [0.05, 0.1) is 25.3 Å². The second kappa shape index (κ2) is 4.18. The van der Waals surface area contributed by atoms with Crippen molar-refractivity contribution in [2.75, 3.05) is 14.2 Å². The molecule has 0 amide bonds. The van der Waals surface area contributed by atoms with E-state index in [4.69, 9.17) is 9.47 Å². The molecule has 0 saturated heterocycles. The Hall–Kier alpha value is -2.29. The van der Waals surface area contributed by atoms with Crippen molar-refractivity contribution in [2.45, 2.75) is 0 Å². The van der Waals surface area contributed by atoms with E-state index in [1.807, 2.05) is 36.4 Å². The lowest BCUT2D eigenvalue weighted by molar-refractivity contribution is 0.398. The molecule has 3 heteroatoms. The Morgan fingerprint density at radius 3 is 2.50 bits per heavy atom. The van der Waals surface area contributed by atoms with Crippen molar-refractivity contribution in [1.82, 2.24) is 4.98 Å². The molecule has 90 valence electrons. The molecule has 0 atom stereocenters. The van der Waals surface area contributed by atoms with Gasteiger partial charge in [-0.3, -0.25) is 0 Å². The van der Waals surface area contributed by atoms with Gasteiger partial charge in [-0.25, -0.2) is 4.98 Å². The number of methoxy groups -OCH3 is 2. The molecule has 0 bridgehead atoms. The predicted octanol–water partition coefficient (Wildman–Crippen LogP) is 3.41. The van der Waals surface area contributed by atoms with Crippen molar-refractivity contribution in [3.8, 4) is 11.5 Å². The van der Waals surface area contributed by atoms with E-state index in [9.17, 15) is 0 Å². The molecule has 0 fully saturated rings. The number of benzene rings is 2. The van der Waals surface area contributed by atoms with E-state index < -0.39 is 0 Å². The summed E-state index contributed by atoms with van der Waals surface area (Å²) in [6, 6.07) is 13.9. The van der Waals surface area contributed by atoms with Crippen LogP contribution in [-0.4, -0.2) is 19.2 Å². The van der Waals surface area contributed by atoms with Gasteiger partial charge in [0, 0.05) is 22.9 Å². The lowest BCUT2D eigenvalue weighted by atomic mass is 10.1. The second-order valence-corrected chi connectivity index (χ2v) is 4.08. The zero-order chi connectivity index (χ0) is 12.5. The molecule has 0 saturated carbocycles. The van der Waals surface area contributed by atoms with E-state index in [2.05, 4.69) is 11.1 Å². The fourth-order valence-electron chi connectivity index (χ4n) is 2.11. The van der Waals surface area contributed by atoms with Gasteiger partial charge in [-0.15, -0.1) is 0 Å². The van der Waals surface area contributed by atoms with E-state index in [0.29, 0.717) is 0 Å². The number of hydrogen-bond acceptors (Lipinski definition) is 3. The zero-order valence-electron chi connectivity index (χ0n) is 10.3. The molecule has 0 unspecified atom stereocenters. The highest BCUT2D eigenvalue weighted by molar-refractivity contribution is 5.96. The van der Waals surface area contributed by atoms with E-state index in [-0.39, 0.29) is 0 Å². The molecular weight excluding hydrogens is 226 g/mol. The Morgan fingerprint density at radius 2 is 1.72 bits per heavy atom. The number of fused-ring (bicyclic) bond motifs is 2. The normalized spacial score (nSPS) is 10.8. The van der Waals surface area contributed by atoms with Crippen molar-refractivity contribution in [3.05, 3.63) is 42.5 Å². The fourth-order valence-corrected chi connectivity index (χ4v) is 2.11. The standard InChI is InChI=1S/C15H13NO2/c1-17-11-8-14-12(15(9-11)18-2)7-10-5-3-4-6-13(10)16-14/h3-9H,1-2H3. The Bertz CT molecular complexity index is 722. The van der Waals surface area contributed by atoms with E-state index in [0.717, 1.165) is 33.3 Å². The minimum absolute atomic E-state index is 0.752. The molecular formula is C15H13NO2. The molecule has 3 rings (SSSR count).